The second kappa shape index (κ2) is 9.14. The fourth-order valence-corrected chi connectivity index (χ4v) is 4.12. The number of halogens is 1. The van der Waals surface area contributed by atoms with E-state index < -0.39 is 0 Å². The predicted octanol–water partition coefficient (Wildman–Crippen LogP) is 5.46. The third kappa shape index (κ3) is 4.51. The van der Waals surface area contributed by atoms with Crippen LogP contribution in [-0.4, -0.2) is 27.8 Å². The van der Waals surface area contributed by atoms with Gasteiger partial charge in [0.15, 0.2) is 11.0 Å². The number of para-hydroxylation sites is 1. The van der Waals surface area contributed by atoms with Crippen LogP contribution in [0.5, 0.6) is 0 Å². The molecule has 7 heteroatoms. The minimum atomic E-state index is -0.367. The Balaban J connectivity index is 1.71. The number of carbonyl (C=O) groups is 1. The van der Waals surface area contributed by atoms with Crippen molar-refractivity contribution in [2.45, 2.75) is 17.8 Å². The van der Waals surface area contributed by atoms with Crippen LogP contribution in [0.4, 0.5) is 4.39 Å². The van der Waals surface area contributed by atoms with Crippen LogP contribution in [0.25, 0.3) is 17.1 Å². The molecule has 0 aliphatic heterocycles. The van der Waals surface area contributed by atoms with E-state index in [1.54, 1.807) is 18.2 Å². The van der Waals surface area contributed by atoms with Crippen LogP contribution in [0, 0.1) is 12.7 Å². The van der Waals surface area contributed by atoms with Gasteiger partial charge in [0.2, 0.25) is 0 Å². The lowest BCUT2D eigenvalue weighted by Crippen LogP contribution is -2.03. The molecule has 0 unspecified atom stereocenters. The molecule has 3 aromatic carbocycles. The number of ether oxygens (including phenoxy) is 1. The average Bonchev–Trinajstić information content (AvgIpc) is 3.22. The quantitative estimate of drug-likeness (QED) is 0.298. The highest BCUT2D eigenvalue weighted by Crippen LogP contribution is 2.31. The first kappa shape index (κ1) is 20.8. The van der Waals surface area contributed by atoms with Crippen LogP contribution >= 0.6 is 11.8 Å². The van der Waals surface area contributed by atoms with Crippen molar-refractivity contribution in [3.8, 4) is 17.1 Å². The number of nitrogens with zero attached hydrogens (tertiary/aromatic N) is 3. The predicted molar refractivity (Wildman–Crippen MR) is 119 cm³/mol. The molecule has 4 rings (SSSR count). The number of aryl methyl sites for hydroxylation is 1. The van der Waals surface area contributed by atoms with E-state index >= 15 is 0 Å². The van der Waals surface area contributed by atoms with E-state index in [1.165, 1.54) is 31.0 Å². The molecule has 156 valence electrons. The third-order valence-corrected chi connectivity index (χ3v) is 5.81. The Kier molecular flexibility index (Phi) is 6.13. The van der Waals surface area contributed by atoms with Crippen LogP contribution in [0.1, 0.15) is 21.5 Å². The molecule has 0 fully saturated rings. The molecule has 31 heavy (non-hydrogen) atoms. The summed E-state index contributed by atoms with van der Waals surface area (Å²) in [5.41, 5.74) is 4.28. The topological polar surface area (TPSA) is 57.0 Å². The molecule has 1 aromatic heterocycles. The molecule has 0 N–H and O–H groups in total. The van der Waals surface area contributed by atoms with Gasteiger partial charge in [-0.15, -0.1) is 10.2 Å². The summed E-state index contributed by atoms with van der Waals surface area (Å²) in [4.78, 5) is 11.8. The van der Waals surface area contributed by atoms with Crippen LogP contribution in [0.15, 0.2) is 78.0 Å². The van der Waals surface area contributed by atoms with Crippen molar-refractivity contribution >= 4 is 17.7 Å². The lowest BCUT2D eigenvalue weighted by molar-refractivity contribution is 0.0600. The van der Waals surface area contributed by atoms with E-state index in [9.17, 15) is 9.18 Å². The number of benzene rings is 3. The van der Waals surface area contributed by atoms with Gasteiger partial charge >= 0.3 is 5.97 Å². The fourth-order valence-electron chi connectivity index (χ4n) is 3.23. The van der Waals surface area contributed by atoms with E-state index in [2.05, 4.69) is 10.2 Å². The number of methoxy groups -OCH3 is 1. The maximum absolute atomic E-state index is 13.4. The summed E-state index contributed by atoms with van der Waals surface area (Å²) in [6, 6.07) is 21.5. The molecule has 0 aliphatic rings. The maximum atomic E-state index is 13.4. The number of thioether (sulfide) groups is 1. The maximum Gasteiger partial charge on any atom is 0.337 e. The Bertz CT molecular complexity index is 1220. The van der Waals surface area contributed by atoms with Crippen molar-refractivity contribution in [1.82, 2.24) is 14.8 Å². The minimum Gasteiger partial charge on any atom is -0.465 e. The third-order valence-electron chi connectivity index (χ3n) is 4.81. The molecule has 0 bridgehead atoms. The molecule has 5 nitrogen and oxygen atoms in total. The largest absolute Gasteiger partial charge is 0.465 e. The van der Waals surface area contributed by atoms with Crippen LogP contribution < -0.4 is 0 Å². The van der Waals surface area contributed by atoms with Crippen LogP contribution in [-0.2, 0) is 10.5 Å². The normalized spacial score (nSPS) is 10.8. The summed E-state index contributed by atoms with van der Waals surface area (Å²) in [5.74, 6) is 0.567. The number of carbonyl (C=O) groups excluding carboxylic acids is 1. The smallest absolute Gasteiger partial charge is 0.337 e. The fraction of sp³-hybridized carbons (Fsp3) is 0.125. The van der Waals surface area contributed by atoms with Gasteiger partial charge in [0.25, 0.3) is 0 Å². The Hall–Kier alpha value is -3.45. The monoisotopic (exact) mass is 433 g/mol. The Morgan fingerprint density at radius 2 is 1.81 bits per heavy atom. The highest BCUT2D eigenvalue weighted by atomic mass is 32.2. The Morgan fingerprint density at radius 1 is 1.03 bits per heavy atom. The van der Waals surface area contributed by atoms with Gasteiger partial charge < -0.3 is 4.74 Å². The highest BCUT2D eigenvalue weighted by Gasteiger charge is 2.18. The van der Waals surface area contributed by atoms with Crippen molar-refractivity contribution in [3.05, 3.63) is 95.3 Å². The molecule has 4 aromatic rings. The number of hydrogen-bond donors (Lipinski definition) is 0. The number of esters is 1. The van der Waals surface area contributed by atoms with Gasteiger partial charge in [-0.3, -0.25) is 4.57 Å². The molecule has 0 aliphatic carbocycles. The van der Waals surface area contributed by atoms with Gasteiger partial charge in [0, 0.05) is 11.3 Å². The van der Waals surface area contributed by atoms with Gasteiger partial charge in [-0.1, -0.05) is 42.1 Å². The van der Waals surface area contributed by atoms with Crippen molar-refractivity contribution in [2.24, 2.45) is 0 Å². The summed E-state index contributed by atoms with van der Waals surface area (Å²) in [6.07, 6.45) is 0. The van der Waals surface area contributed by atoms with Crippen molar-refractivity contribution in [3.63, 3.8) is 0 Å². The molecule has 1 heterocycles. The molecule has 0 saturated carbocycles. The van der Waals surface area contributed by atoms with Crippen molar-refractivity contribution < 1.29 is 13.9 Å². The Morgan fingerprint density at radius 3 is 2.55 bits per heavy atom. The standard InChI is InChI=1S/C24H20FN3O2S/c1-16-6-3-4-9-21(16)28-22(18-10-12-20(25)13-11-18)26-27-24(28)31-15-17-7-5-8-19(14-17)23(29)30-2/h3-14H,15H2,1-2H3. The molecule has 0 spiro atoms. The molecule has 0 saturated heterocycles. The molecular weight excluding hydrogens is 413 g/mol. The molecule has 0 radical (unpaired) electrons. The molecule has 0 amide bonds. The van der Waals surface area contributed by atoms with Crippen LogP contribution in [0.2, 0.25) is 0 Å². The summed E-state index contributed by atoms with van der Waals surface area (Å²) in [7, 11) is 1.37. The first-order valence-corrected chi connectivity index (χ1v) is 10.6. The molecular formula is C24H20FN3O2S. The summed E-state index contributed by atoms with van der Waals surface area (Å²) in [5, 5.41) is 9.52. The summed E-state index contributed by atoms with van der Waals surface area (Å²) < 4.78 is 20.2. The first-order chi connectivity index (χ1) is 15.1. The van der Waals surface area contributed by atoms with E-state index in [1.807, 2.05) is 54.0 Å². The van der Waals surface area contributed by atoms with Gasteiger partial charge in [0.1, 0.15) is 5.82 Å². The van der Waals surface area contributed by atoms with Gasteiger partial charge in [-0.25, -0.2) is 9.18 Å². The van der Waals surface area contributed by atoms with E-state index in [0.29, 0.717) is 22.3 Å². The van der Waals surface area contributed by atoms with Crippen molar-refractivity contribution in [2.75, 3.05) is 7.11 Å². The summed E-state index contributed by atoms with van der Waals surface area (Å²) in [6.45, 7) is 2.03. The van der Waals surface area contributed by atoms with Gasteiger partial charge in [-0.05, 0) is 60.5 Å². The zero-order valence-electron chi connectivity index (χ0n) is 17.1. The lowest BCUT2D eigenvalue weighted by Gasteiger charge is -2.13. The lowest BCUT2D eigenvalue weighted by atomic mass is 10.1. The van der Waals surface area contributed by atoms with Gasteiger partial charge in [-0.2, -0.15) is 0 Å². The first-order valence-electron chi connectivity index (χ1n) is 9.64. The zero-order chi connectivity index (χ0) is 21.8. The zero-order valence-corrected chi connectivity index (χ0v) is 17.9. The van der Waals surface area contributed by atoms with E-state index in [-0.39, 0.29) is 11.8 Å². The average molecular weight is 434 g/mol. The number of rotatable bonds is 6. The highest BCUT2D eigenvalue weighted by molar-refractivity contribution is 7.98. The number of aromatic nitrogens is 3. The SMILES string of the molecule is COC(=O)c1cccc(CSc2nnc(-c3ccc(F)cc3)n2-c2ccccc2C)c1. The van der Waals surface area contributed by atoms with E-state index in [0.717, 1.165) is 22.4 Å². The minimum absolute atomic E-state index is 0.300. The second-order valence-corrected chi connectivity index (χ2v) is 7.86. The van der Waals surface area contributed by atoms with Crippen LogP contribution in [0.3, 0.4) is 0 Å². The van der Waals surface area contributed by atoms with Crippen molar-refractivity contribution in [1.29, 1.82) is 0 Å². The Labute approximate surface area is 183 Å². The van der Waals surface area contributed by atoms with E-state index in [4.69, 9.17) is 4.74 Å². The van der Waals surface area contributed by atoms with Gasteiger partial charge in [0.05, 0.1) is 18.4 Å². The number of hydrogen-bond acceptors (Lipinski definition) is 5. The molecule has 0 atom stereocenters. The second-order valence-electron chi connectivity index (χ2n) is 6.92. The summed E-state index contributed by atoms with van der Waals surface area (Å²) >= 11 is 1.51.